The summed E-state index contributed by atoms with van der Waals surface area (Å²) >= 11 is 0. The molecule has 0 saturated heterocycles. The number of aromatic nitrogens is 3. The van der Waals surface area contributed by atoms with Gasteiger partial charge in [-0.15, -0.1) is 0 Å². The van der Waals surface area contributed by atoms with E-state index in [1.54, 1.807) is 25.1 Å². The number of rotatable bonds is 2. The molecule has 0 aliphatic carbocycles. The molecular formula is C13H11N3O3. The zero-order chi connectivity index (χ0) is 13.6. The third kappa shape index (κ3) is 1.69. The predicted molar refractivity (Wildman–Crippen MR) is 70.2 cm³/mol. The number of aromatic amines is 1. The molecule has 2 N–H and O–H groups in total. The summed E-state index contributed by atoms with van der Waals surface area (Å²) in [6.45, 7) is 1.42. The van der Waals surface area contributed by atoms with Crippen LogP contribution in [0.15, 0.2) is 29.1 Å². The second kappa shape index (κ2) is 3.94. The van der Waals surface area contributed by atoms with Gasteiger partial charge in [0, 0.05) is 5.39 Å². The number of carboxylic acid groups (broad SMARTS) is 1. The van der Waals surface area contributed by atoms with Crippen molar-refractivity contribution in [2.45, 2.75) is 13.5 Å². The van der Waals surface area contributed by atoms with Crippen molar-refractivity contribution in [3.63, 3.8) is 0 Å². The summed E-state index contributed by atoms with van der Waals surface area (Å²) in [6.07, 6.45) is 0. The molecule has 1 aromatic carbocycles. The van der Waals surface area contributed by atoms with Crippen LogP contribution in [0.3, 0.4) is 0 Å². The molecule has 3 rings (SSSR count). The summed E-state index contributed by atoms with van der Waals surface area (Å²) in [5, 5.41) is 14.0. The van der Waals surface area contributed by atoms with Crippen molar-refractivity contribution in [1.82, 2.24) is 14.8 Å². The third-order valence-electron chi connectivity index (χ3n) is 3.06. The Kier molecular flexibility index (Phi) is 2.38. The lowest BCUT2D eigenvalue weighted by Gasteiger charge is -2.01. The van der Waals surface area contributed by atoms with Crippen LogP contribution in [0.25, 0.3) is 21.9 Å². The zero-order valence-corrected chi connectivity index (χ0v) is 10.2. The Morgan fingerprint density at radius 3 is 2.89 bits per heavy atom. The van der Waals surface area contributed by atoms with E-state index in [4.69, 9.17) is 5.11 Å². The van der Waals surface area contributed by atoms with E-state index in [-0.39, 0.29) is 12.0 Å². The number of H-pyrrole nitrogens is 1. The summed E-state index contributed by atoms with van der Waals surface area (Å²) in [5.74, 6) is -1.00. The topological polar surface area (TPSA) is 88.0 Å². The van der Waals surface area contributed by atoms with Gasteiger partial charge in [-0.05, 0) is 19.1 Å². The smallest absolute Gasteiger partial charge is 0.325 e. The van der Waals surface area contributed by atoms with E-state index in [1.807, 2.05) is 6.07 Å². The van der Waals surface area contributed by atoms with Crippen molar-refractivity contribution in [2.24, 2.45) is 0 Å². The molecule has 0 radical (unpaired) electrons. The van der Waals surface area contributed by atoms with Crippen LogP contribution in [0, 0.1) is 6.92 Å². The van der Waals surface area contributed by atoms with E-state index in [0.717, 1.165) is 0 Å². The molecule has 0 aliphatic rings. The SMILES string of the molecule is Cc1nn(CC(=O)O)c2[nH]c3ccccc3c(=O)c12. The Morgan fingerprint density at radius 2 is 2.16 bits per heavy atom. The molecule has 0 saturated carbocycles. The van der Waals surface area contributed by atoms with Crippen LogP contribution in [-0.4, -0.2) is 25.8 Å². The van der Waals surface area contributed by atoms with Gasteiger partial charge in [0.15, 0.2) is 0 Å². The number of nitrogens with one attached hydrogen (secondary N) is 1. The maximum absolute atomic E-state index is 12.4. The molecule has 6 heteroatoms. The average Bonchev–Trinajstić information content (AvgIpc) is 2.66. The summed E-state index contributed by atoms with van der Waals surface area (Å²) in [7, 11) is 0. The van der Waals surface area contributed by atoms with Crippen molar-refractivity contribution in [3.05, 3.63) is 40.2 Å². The molecule has 6 nitrogen and oxygen atoms in total. The van der Waals surface area contributed by atoms with Gasteiger partial charge in [-0.1, -0.05) is 12.1 Å². The second-order valence-electron chi connectivity index (χ2n) is 4.36. The summed E-state index contributed by atoms with van der Waals surface area (Å²) in [6, 6.07) is 7.13. The lowest BCUT2D eigenvalue weighted by Crippen LogP contribution is -2.11. The fourth-order valence-corrected chi connectivity index (χ4v) is 2.28. The van der Waals surface area contributed by atoms with Gasteiger partial charge in [-0.2, -0.15) is 5.10 Å². The third-order valence-corrected chi connectivity index (χ3v) is 3.06. The molecule has 2 aromatic heterocycles. The number of aliphatic carboxylic acids is 1. The van der Waals surface area contributed by atoms with E-state index in [0.29, 0.717) is 27.6 Å². The Hall–Kier alpha value is -2.63. The van der Waals surface area contributed by atoms with Crippen LogP contribution in [0.5, 0.6) is 0 Å². The minimum absolute atomic E-state index is 0.126. The van der Waals surface area contributed by atoms with Gasteiger partial charge >= 0.3 is 5.97 Å². The Morgan fingerprint density at radius 1 is 1.42 bits per heavy atom. The highest BCUT2D eigenvalue weighted by atomic mass is 16.4. The monoisotopic (exact) mass is 257 g/mol. The van der Waals surface area contributed by atoms with E-state index >= 15 is 0 Å². The molecule has 0 atom stereocenters. The lowest BCUT2D eigenvalue weighted by molar-refractivity contribution is -0.137. The number of carboxylic acids is 1. The number of pyridine rings is 1. The average molecular weight is 257 g/mol. The van der Waals surface area contributed by atoms with Crippen LogP contribution in [-0.2, 0) is 11.3 Å². The summed E-state index contributed by atoms with van der Waals surface area (Å²) in [5.41, 5.74) is 1.52. The molecule has 0 spiro atoms. The number of fused-ring (bicyclic) bond motifs is 2. The van der Waals surface area contributed by atoms with Crippen LogP contribution in [0.4, 0.5) is 0 Å². The Balaban J connectivity index is 2.45. The molecule has 0 fully saturated rings. The Labute approximate surface area is 107 Å². The van der Waals surface area contributed by atoms with Crippen molar-refractivity contribution in [3.8, 4) is 0 Å². The fraction of sp³-hybridized carbons (Fsp3) is 0.154. The molecule has 3 aromatic rings. The first-order chi connectivity index (χ1) is 9.08. The van der Waals surface area contributed by atoms with Crippen molar-refractivity contribution in [2.75, 3.05) is 0 Å². The quantitative estimate of drug-likeness (QED) is 0.723. The van der Waals surface area contributed by atoms with Crippen molar-refractivity contribution in [1.29, 1.82) is 0 Å². The first-order valence-corrected chi connectivity index (χ1v) is 5.78. The van der Waals surface area contributed by atoms with Gasteiger partial charge in [-0.3, -0.25) is 9.59 Å². The molecule has 0 aliphatic heterocycles. The van der Waals surface area contributed by atoms with E-state index in [1.165, 1.54) is 4.68 Å². The standard InChI is InChI=1S/C13H11N3O3/c1-7-11-12(19)8-4-2-3-5-9(8)14-13(11)16(15-7)6-10(17)18/h2-5H,6H2,1H3,(H,14,19)(H,17,18). The van der Waals surface area contributed by atoms with Crippen LogP contribution in [0.2, 0.25) is 0 Å². The summed E-state index contributed by atoms with van der Waals surface area (Å²) in [4.78, 5) is 26.3. The molecule has 0 amide bonds. The van der Waals surface area contributed by atoms with Gasteiger partial charge in [0.05, 0.1) is 16.6 Å². The van der Waals surface area contributed by atoms with Gasteiger partial charge in [-0.25, -0.2) is 4.68 Å². The molecule has 96 valence electrons. The molecule has 0 unspecified atom stereocenters. The van der Waals surface area contributed by atoms with Crippen LogP contribution in [0.1, 0.15) is 5.69 Å². The van der Waals surface area contributed by atoms with Crippen molar-refractivity contribution < 1.29 is 9.90 Å². The molecule has 0 bridgehead atoms. The highest BCUT2D eigenvalue weighted by molar-refractivity contribution is 5.92. The van der Waals surface area contributed by atoms with Gasteiger partial charge in [0.25, 0.3) is 0 Å². The Bertz CT molecular complexity index is 861. The number of hydrogen-bond donors (Lipinski definition) is 2. The van der Waals surface area contributed by atoms with E-state index in [9.17, 15) is 9.59 Å². The number of hydrogen-bond acceptors (Lipinski definition) is 3. The summed E-state index contributed by atoms with van der Waals surface area (Å²) < 4.78 is 1.31. The predicted octanol–water partition coefficient (Wildman–Crippen LogP) is 1.27. The first kappa shape index (κ1) is 11.5. The minimum atomic E-state index is -1.00. The molecule has 19 heavy (non-hydrogen) atoms. The highest BCUT2D eigenvalue weighted by Gasteiger charge is 2.15. The maximum atomic E-state index is 12.4. The number of benzene rings is 1. The normalized spacial score (nSPS) is 11.2. The van der Waals surface area contributed by atoms with Crippen LogP contribution >= 0.6 is 0 Å². The zero-order valence-electron chi connectivity index (χ0n) is 10.2. The minimum Gasteiger partial charge on any atom is -0.480 e. The highest BCUT2D eigenvalue weighted by Crippen LogP contribution is 2.17. The van der Waals surface area contributed by atoms with Gasteiger partial charge in [0.1, 0.15) is 12.2 Å². The van der Waals surface area contributed by atoms with Gasteiger partial charge < -0.3 is 10.1 Å². The maximum Gasteiger partial charge on any atom is 0.325 e. The number of aryl methyl sites for hydroxylation is 1. The fourth-order valence-electron chi connectivity index (χ4n) is 2.28. The van der Waals surface area contributed by atoms with E-state index < -0.39 is 5.97 Å². The number of carbonyl (C=O) groups is 1. The molecular weight excluding hydrogens is 246 g/mol. The first-order valence-electron chi connectivity index (χ1n) is 5.78. The number of para-hydroxylation sites is 1. The van der Waals surface area contributed by atoms with Gasteiger partial charge in [0.2, 0.25) is 5.43 Å². The number of nitrogens with zero attached hydrogens (tertiary/aromatic N) is 2. The van der Waals surface area contributed by atoms with E-state index in [2.05, 4.69) is 10.1 Å². The second-order valence-corrected chi connectivity index (χ2v) is 4.36. The largest absolute Gasteiger partial charge is 0.480 e. The molecule has 2 heterocycles. The van der Waals surface area contributed by atoms with Crippen LogP contribution < -0.4 is 5.43 Å². The van der Waals surface area contributed by atoms with Crippen molar-refractivity contribution >= 4 is 27.9 Å². The lowest BCUT2D eigenvalue weighted by atomic mass is 10.1.